The number of primary amides is 1. The average Bonchev–Trinajstić information content (AvgIpc) is 3.39. The minimum Gasteiger partial charge on any atom is -0.443 e. The first-order chi connectivity index (χ1) is 14.9. The number of para-hydroxylation sites is 1. The topological polar surface area (TPSA) is 131 Å². The summed E-state index contributed by atoms with van der Waals surface area (Å²) in [6.45, 7) is 0.318. The van der Waals surface area contributed by atoms with Crippen LogP contribution in [0.3, 0.4) is 0 Å². The van der Waals surface area contributed by atoms with Gasteiger partial charge in [0.1, 0.15) is 17.5 Å². The molecule has 0 saturated heterocycles. The molecule has 1 aromatic heterocycles. The predicted octanol–water partition coefficient (Wildman–Crippen LogP) is 0.875. The number of carbonyl (C=O) groups excluding carboxylic acids is 3. The van der Waals surface area contributed by atoms with E-state index >= 15 is 0 Å². The van der Waals surface area contributed by atoms with Gasteiger partial charge in [0.2, 0.25) is 11.7 Å². The van der Waals surface area contributed by atoms with Gasteiger partial charge in [-0.1, -0.05) is 42.5 Å². The highest BCUT2D eigenvalue weighted by Crippen LogP contribution is 2.25. The highest BCUT2D eigenvalue weighted by Gasteiger charge is 2.36. The molecule has 1 aliphatic heterocycles. The second-order valence-corrected chi connectivity index (χ2v) is 7.36. The summed E-state index contributed by atoms with van der Waals surface area (Å²) >= 11 is 0. The molecular weight excluding hydrogens is 398 g/mol. The number of fused-ring (bicyclic) bond motifs is 1. The lowest BCUT2D eigenvalue weighted by Crippen LogP contribution is -2.50. The van der Waals surface area contributed by atoms with Gasteiger partial charge < -0.3 is 15.5 Å². The molecule has 2 atom stereocenters. The molecular formula is C22H21N5O4. The lowest BCUT2D eigenvalue weighted by Gasteiger charge is -2.20. The second-order valence-electron chi connectivity index (χ2n) is 7.36. The molecule has 0 aliphatic carbocycles. The van der Waals surface area contributed by atoms with Gasteiger partial charge in [-0.3, -0.25) is 19.4 Å². The second kappa shape index (κ2) is 8.39. The van der Waals surface area contributed by atoms with Crippen LogP contribution in [0.4, 0.5) is 0 Å². The fourth-order valence-electron chi connectivity index (χ4n) is 3.69. The third-order valence-corrected chi connectivity index (χ3v) is 5.17. The molecule has 0 spiro atoms. The monoisotopic (exact) mass is 419 g/mol. The van der Waals surface area contributed by atoms with E-state index in [1.807, 2.05) is 36.4 Å². The number of nitrogens with zero attached hydrogens (tertiary/aromatic N) is 3. The van der Waals surface area contributed by atoms with E-state index in [-0.39, 0.29) is 6.42 Å². The molecule has 2 aromatic carbocycles. The molecule has 0 fully saturated rings. The molecule has 9 heteroatoms. The summed E-state index contributed by atoms with van der Waals surface area (Å²) in [5.74, 6) is -3.02. The third-order valence-electron chi connectivity index (χ3n) is 5.17. The first-order valence-electron chi connectivity index (χ1n) is 9.74. The number of amides is 2. The third kappa shape index (κ3) is 4.16. The van der Waals surface area contributed by atoms with Crippen LogP contribution in [0.15, 0.2) is 64.4 Å². The smallest absolute Gasteiger partial charge is 0.287 e. The Morgan fingerprint density at radius 1 is 1.19 bits per heavy atom. The summed E-state index contributed by atoms with van der Waals surface area (Å²) in [5, 5.41) is 8.86. The number of hydrazone groups is 1. The zero-order chi connectivity index (χ0) is 22.0. The van der Waals surface area contributed by atoms with Gasteiger partial charge in [0.25, 0.3) is 5.91 Å². The first kappa shape index (κ1) is 20.3. The van der Waals surface area contributed by atoms with E-state index in [0.29, 0.717) is 28.9 Å². The predicted molar refractivity (Wildman–Crippen MR) is 113 cm³/mol. The van der Waals surface area contributed by atoms with Crippen LogP contribution >= 0.6 is 0 Å². The summed E-state index contributed by atoms with van der Waals surface area (Å²) in [6, 6.07) is 13.4. The van der Waals surface area contributed by atoms with Gasteiger partial charge in [0.05, 0.1) is 12.3 Å². The highest BCUT2D eigenvalue weighted by molar-refractivity contribution is 6.38. The van der Waals surface area contributed by atoms with Gasteiger partial charge in [-0.2, -0.15) is 5.10 Å². The van der Waals surface area contributed by atoms with E-state index < -0.39 is 29.6 Å². The van der Waals surface area contributed by atoms with Crippen molar-refractivity contribution in [1.29, 1.82) is 0 Å². The van der Waals surface area contributed by atoms with Crippen LogP contribution in [0, 0.1) is 5.92 Å². The molecule has 3 aromatic rings. The fraction of sp³-hybridized carbons (Fsp3) is 0.227. The van der Waals surface area contributed by atoms with Crippen molar-refractivity contribution in [3.05, 3.63) is 66.1 Å². The molecule has 158 valence electrons. The van der Waals surface area contributed by atoms with Crippen LogP contribution in [-0.4, -0.2) is 52.9 Å². The van der Waals surface area contributed by atoms with Crippen LogP contribution in [0.25, 0.3) is 11.1 Å². The summed E-state index contributed by atoms with van der Waals surface area (Å²) in [6.07, 6.45) is 1.49. The van der Waals surface area contributed by atoms with Crippen LogP contribution in [0.5, 0.6) is 0 Å². The van der Waals surface area contributed by atoms with E-state index in [1.54, 1.807) is 24.2 Å². The molecule has 9 nitrogen and oxygen atoms in total. The number of benzene rings is 2. The summed E-state index contributed by atoms with van der Waals surface area (Å²) < 4.78 is 5.35. The van der Waals surface area contributed by atoms with Crippen molar-refractivity contribution in [2.45, 2.75) is 12.5 Å². The van der Waals surface area contributed by atoms with E-state index in [0.717, 1.165) is 5.56 Å². The van der Waals surface area contributed by atoms with E-state index in [2.05, 4.69) is 15.4 Å². The van der Waals surface area contributed by atoms with Crippen LogP contribution < -0.4 is 11.1 Å². The highest BCUT2D eigenvalue weighted by atomic mass is 16.3. The van der Waals surface area contributed by atoms with Crippen molar-refractivity contribution >= 4 is 34.4 Å². The van der Waals surface area contributed by atoms with E-state index in [1.165, 1.54) is 6.39 Å². The minimum atomic E-state index is -1.09. The van der Waals surface area contributed by atoms with Gasteiger partial charge in [0.15, 0.2) is 12.0 Å². The molecule has 3 N–H and O–H groups in total. The Morgan fingerprint density at radius 2 is 1.97 bits per heavy atom. The number of Topliss-reactive ketones (excluding diaryl/α,β-unsaturated/α-hetero) is 1. The average molecular weight is 419 g/mol. The molecule has 0 bridgehead atoms. The molecule has 2 amide bonds. The van der Waals surface area contributed by atoms with E-state index in [9.17, 15) is 14.4 Å². The molecule has 1 aliphatic rings. The fourth-order valence-corrected chi connectivity index (χ4v) is 3.69. The number of aromatic nitrogens is 1. The van der Waals surface area contributed by atoms with Gasteiger partial charge in [-0.15, -0.1) is 0 Å². The quantitative estimate of drug-likeness (QED) is 0.547. The maximum Gasteiger partial charge on any atom is 0.287 e. The number of ketones is 1. The van der Waals surface area contributed by atoms with Gasteiger partial charge >= 0.3 is 0 Å². The van der Waals surface area contributed by atoms with Crippen molar-refractivity contribution in [2.24, 2.45) is 16.8 Å². The van der Waals surface area contributed by atoms with Gasteiger partial charge in [0, 0.05) is 19.0 Å². The zero-order valence-electron chi connectivity index (χ0n) is 16.8. The van der Waals surface area contributed by atoms with Crippen molar-refractivity contribution in [1.82, 2.24) is 15.3 Å². The molecule has 0 radical (unpaired) electrons. The largest absolute Gasteiger partial charge is 0.443 e. The summed E-state index contributed by atoms with van der Waals surface area (Å²) in [5.41, 5.74) is 8.40. The Labute approximate surface area is 177 Å². The van der Waals surface area contributed by atoms with Gasteiger partial charge in [-0.25, -0.2) is 4.98 Å². The van der Waals surface area contributed by atoms with Crippen LogP contribution in [-0.2, 0) is 20.8 Å². The Balaban J connectivity index is 1.60. The molecule has 2 unspecified atom stereocenters. The number of hydrogen-bond donors (Lipinski definition) is 2. The zero-order valence-corrected chi connectivity index (χ0v) is 16.8. The van der Waals surface area contributed by atoms with Crippen molar-refractivity contribution < 1.29 is 18.8 Å². The maximum absolute atomic E-state index is 13.2. The summed E-state index contributed by atoms with van der Waals surface area (Å²) in [4.78, 5) is 41.4. The van der Waals surface area contributed by atoms with E-state index in [4.69, 9.17) is 10.2 Å². The SMILES string of the molecule is CN1CC(C(=O)NC(Cc2ccccc2)C(=O)C(N)=O)C(c2cccc3ocnc23)=N1. The van der Waals surface area contributed by atoms with Crippen molar-refractivity contribution in [2.75, 3.05) is 13.6 Å². The maximum atomic E-state index is 13.2. The standard InChI is InChI=1S/C22H21N5O4/c1-27-11-15(18(26-27)14-8-5-9-17-19(14)24-12-31-17)22(30)25-16(20(28)21(23)29)10-13-6-3-2-4-7-13/h2-9,12,15-16H,10-11H2,1H3,(H2,23,29)(H,25,30). The van der Waals surface area contributed by atoms with Crippen LogP contribution in [0.1, 0.15) is 11.1 Å². The normalized spacial score (nSPS) is 16.7. The number of nitrogens with one attached hydrogen (secondary N) is 1. The Hall–Kier alpha value is -4.01. The number of oxazole rings is 1. The van der Waals surface area contributed by atoms with Crippen molar-refractivity contribution in [3.63, 3.8) is 0 Å². The minimum absolute atomic E-state index is 0.155. The Morgan fingerprint density at radius 3 is 2.71 bits per heavy atom. The lowest BCUT2D eigenvalue weighted by atomic mass is 9.94. The van der Waals surface area contributed by atoms with Gasteiger partial charge in [-0.05, 0) is 11.6 Å². The molecule has 0 saturated carbocycles. The number of nitrogens with two attached hydrogens (primary N) is 1. The van der Waals surface area contributed by atoms with Crippen molar-refractivity contribution in [3.8, 4) is 0 Å². The molecule has 2 heterocycles. The first-order valence-corrected chi connectivity index (χ1v) is 9.74. The molecule has 31 heavy (non-hydrogen) atoms. The number of hydrogen-bond acceptors (Lipinski definition) is 7. The summed E-state index contributed by atoms with van der Waals surface area (Å²) in [7, 11) is 1.76. The Bertz CT molecular complexity index is 1170. The Kier molecular flexibility index (Phi) is 5.48. The van der Waals surface area contributed by atoms with Crippen LogP contribution in [0.2, 0.25) is 0 Å². The molecule has 4 rings (SSSR count). The lowest BCUT2D eigenvalue weighted by molar-refractivity contribution is -0.138. The number of rotatable bonds is 7. The number of carbonyl (C=O) groups is 3.